The molecule has 2 aliphatic rings. The fourth-order valence-corrected chi connectivity index (χ4v) is 6.44. The van der Waals surface area contributed by atoms with Gasteiger partial charge in [0.05, 0.1) is 11.7 Å². The third-order valence-corrected chi connectivity index (χ3v) is 8.80. The molecule has 1 aliphatic heterocycles. The summed E-state index contributed by atoms with van der Waals surface area (Å²) in [6.07, 6.45) is 7.36. The van der Waals surface area contributed by atoms with E-state index in [2.05, 4.69) is 59.7 Å². The molecule has 6 heteroatoms. The Bertz CT molecular complexity index is 1670. The maximum atomic E-state index is 12.8. The van der Waals surface area contributed by atoms with Gasteiger partial charge in [0.2, 0.25) is 0 Å². The van der Waals surface area contributed by atoms with Crippen molar-refractivity contribution in [1.29, 1.82) is 0 Å². The van der Waals surface area contributed by atoms with E-state index in [1.165, 1.54) is 22.4 Å². The first-order valence-corrected chi connectivity index (χ1v) is 14.6. The third-order valence-electron chi connectivity index (χ3n) is 7.55. The highest BCUT2D eigenvalue weighted by atomic mass is 32.2. The summed E-state index contributed by atoms with van der Waals surface area (Å²) in [5, 5.41) is 3.78. The van der Waals surface area contributed by atoms with E-state index in [0.717, 1.165) is 17.7 Å². The third kappa shape index (κ3) is 5.12. The predicted octanol–water partition coefficient (Wildman–Crippen LogP) is 7.65. The molecule has 0 bridgehead atoms. The number of nitrogens with one attached hydrogen (secondary N) is 1. The minimum atomic E-state index is -3.96. The Morgan fingerprint density at radius 3 is 2.44 bits per heavy atom. The minimum Gasteiger partial charge on any atom is -0.378 e. The molecule has 0 spiro atoms. The molecule has 0 aromatic heterocycles. The Morgan fingerprint density at radius 1 is 0.897 bits per heavy atom. The molecule has 0 saturated heterocycles. The molecule has 5 nitrogen and oxygen atoms in total. The highest BCUT2D eigenvalue weighted by Gasteiger charge is 2.37. The van der Waals surface area contributed by atoms with Gasteiger partial charge in [-0.15, -0.1) is 0 Å². The summed E-state index contributed by atoms with van der Waals surface area (Å²) in [7, 11) is -3.96. The Labute approximate surface area is 230 Å². The molecule has 0 radical (unpaired) electrons. The van der Waals surface area contributed by atoms with Gasteiger partial charge in [-0.05, 0) is 79.8 Å². The van der Waals surface area contributed by atoms with Gasteiger partial charge in [0.25, 0.3) is 0 Å². The summed E-state index contributed by atoms with van der Waals surface area (Å²) in [6, 6.07) is 28.7. The summed E-state index contributed by atoms with van der Waals surface area (Å²) < 4.78 is 31.1. The lowest BCUT2D eigenvalue weighted by Crippen LogP contribution is -2.29. The molecule has 1 N–H and O–H groups in total. The number of fused-ring (bicyclic) bond motifs is 3. The normalized spacial score (nSPS) is 19.9. The van der Waals surface area contributed by atoms with Crippen molar-refractivity contribution in [3.05, 3.63) is 131 Å². The second-order valence-corrected chi connectivity index (χ2v) is 11.9. The number of aliphatic imine (C=N–C) groups is 1. The van der Waals surface area contributed by atoms with Gasteiger partial charge in [0.15, 0.2) is 5.75 Å². The first-order chi connectivity index (χ1) is 18.9. The number of para-hydroxylation sites is 1. The molecule has 4 aromatic rings. The van der Waals surface area contributed by atoms with E-state index in [0.29, 0.717) is 17.4 Å². The van der Waals surface area contributed by atoms with Crippen LogP contribution in [-0.4, -0.2) is 14.6 Å². The largest absolute Gasteiger partial charge is 0.378 e. The average Bonchev–Trinajstić information content (AvgIpc) is 3.43. The Balaban J connectivity index is 1.21. The van der Waals surface area contributed by atoms with Crippen LogP contribution in [0.4, 0.5) is 11.4 Å². The van der Waals surface area contributed by atoms with Crippen LogP contribution in [0.2, 0.25) is 0 Å². The standard InChI is InChI=1S/C33H30N2O3S/c1-22-10-17-27(18-11-22)39(36,37)38-32-9-4-3-6-25(32)21-34-26-15-13-24(14-16-26)33-29-8-5-7-28(29)30-20-23(2)12-19-31(30)35-33/h3-7,9-21,28-29,33,35H,8H2,1-2H3/t28-,29+,33-/m0/s1. The van der Waals surface area contributed by atoms with E-state index in [1.54, 1.807) is 48.7 Å². The number of rotatable bonds is 6. The summed E-state index contributed by atoms with van der Waals surface area (Å²) in [6.45, 7) is 4.05. The second-order valence-electron chi connectivity index (χ2n) is 10.3. The van der Waals surface area contributed by atoms with Crippen LogP contribution in [-0.2, 0) is 10.1 Å². The number of nitrogens with zero attached hydrogens (tertiary/aromatic N) is 1. The van der Waals surface area contributed by atoms with Gasteiger partial charge >= 0.3 is 10.1 Å². The van der Waals surface area contributed by atoms with Crippen LogP contribution in [0, 0.1) is 19.8 Å². The fraction of sp³-hybridized carbons (Fsp3) is 0.182. The highest BCUT2D eigenvalue weighted by Crippen LogP contribution is 2.50. The SMILES string of the molecule is Cc1ccc(S(=O)(=O)Oc2ccccc2C=Nc2ccc([C@@H]3Nc4ccc(C)cc4[C@H]4C=CC[C@H]43)cc2)cc1. The van der Waals surface area contributed by atoms with Crippen LogP contribution >= 0.6 is 0 Å². The maximum absolute atomic E-state index is 12.8. The number of anilines is 1. The zero-order valence-corrected chi connectivity index (χ0v) is 22.7. The van der Waals surface area contributed by atoms with Crippen molar-refractivity contribution >= 4 is 27.7 Å². The van der Waals surface area contributed by atoms with E-state index < -0.39 is 10.1 Å². The lowest BCUT2D eigenvalue weighted by molar-refractivity contribution is 0.425. The molecule has 39 heavy (non-hydrogen) atoms. The molecule has 0 fully saturated rings. The topological polar surface area (TPSA) is 67.8 Å². The number of hydrogen-bond donors (Lipinski definition) is 1. The summed E-state index contributed by atoms with van der Waals surface area (Å²) in [5.41, 5.74) is 7.45. The number of aryl methyl sites for hydroxylation is 2. The van der Waals surface area contributed by atoms with Crippen LogP contribution in [0.25, 0.3) is 0 Å². The molecule has 1 aliphatic carbocycles. The average molecular weight is 535 g/mol. The quantitative estimate of drug-likeness (QED) is 0.157. The highest BCUT2D eigenvalue weighted by molar-refractivity contribution is 7.87. The lowest BCUT2D eigenvalue weighted by Gasteiger charge is -2.37. The summed E-state index contributed by atoms with van der Waals surface area (Å²) in [4.78, 5) is 4.73. The van der Waals surface area contributed by atoms with Gasteiger partial charge in [-0.25, -0.2) is 0 Å². The Hall–Kier alpha value is -4.16. The van der Waals surface area contributed by atoms with Crippen molar-refractivity contribution in [2.75, 3.05) is 5.32 Å². The van der Waals surface area contributed by atoms with E-state index in [1.807, 2.05) is 25.1 Å². The van der Waals surface area contributed by atoms with Crippen molar-refractivity contribution in [2.24, 2.45) is 10.9 Å². The first-order valence-electron chi connectivity index (χ1n) is 13.2. The molecule has 3 atom stereocenters. The Kier molecular flexibility index (Phi) is 6.57. The van der Waals surface area contributed by atoms with Gasteiger partial charge in [0, 0.05) is 23.4 Å². The Morgan fingerprint density at radius 2 is 1.64 bits per heavy atom. The molecule has 196 valence electrons. The van der Waals surface area contributed by atoms with Crippen molar-refractivity contribution in [1.82, 2.24) is 0 Å². The first kappa shape index (κ1) is 25.1. The number of benzene rings is 4. The molecular weight excluding hydrogens is 504 g/mol. The molecular formula is C33H30N2O3S. The predicted molar refractivity (Wildman–Crippen MR) is 157 cm³/mol. The van der Waals surface area contributed by atoms with Crippen LogP contribution < -0.4 is 9.50 Å². The molecule has 0 saturated carbocycles. The monoisotopic (exact) mass is 534 g/mol. The van der Waals surface area contributed by atoms with Gasteiger partial charge < -0.3 is 9.50 Å². The zero-order valence-electron chi connectivity index (χ0n) is 21.9. The van der Waals surface area contributed by atoms with Crippen LogP contribution in [0.1, 0.15) is 46.2 Å². The molecule has 1 heterocycles. The van der Waals surface area contributed by atoms with E-state index >= 15 is 0 Å². The molecule has 4 aromatic carbocycles. The van der Waals surface area contributed by atoms with Crippen LogP contribution in [0.15, 0.2) is 113 Å². The van der Waals surface area contributed by atoms with Gasteiger partial charge in [-0.2, -0.15) is 8.42 Å². The van der Waals surface area contributed by atoms with E-state index in [-0.39, 0.29) is 16.7 Å². The van der Waals surface area contributed by atoms with E-state index in [9.17, 15) is 8.42 Å². The summed E-state index contributed by atoms with van der Waals surface area (Å²) >= 11 is 0. The van der Waals surface area contributed by atoms with Gasteiger partial charge in [0.1, 0.15) is 4.90 Å². The van der Waals surface area contributed by atoms with Crippen LogP contribution in [0.5, 0.6) is 5.75 Å². The van der Waals surface area contributed by atoms with Crippen LogP contribution in [0.3, 0.4) is 0 Å². The minimum absolute atomic E-state index is 0.115. The van der Waals surface area contributed by atoms with Crippen molar-refractivity contribution in [2.45, 2.75) is 37.1 Å². The number of allylic oxidation sites excluding steroid dienone is 2. The number of hydrogen-bond acceptors (Lipinski definition) is 5. The van der Waals surface area contributed by atoms with Gasteiger partial charge in [-0.1, -0.05) is 71.8 Å². The zero-order chi connectivity index (χ0) is 27.0. The fourth-order valence-electron chi connectivity index (χ4n) is 5.49. The summed E-state index contributed by atoms with van der Waals surface area (Å²) in [5.74, 6) is 1.14. The van der Waals surface area contributed by atoms with Crippen molar-refractivity contribution in [3.8, 4) is 5.75 Å². The van der Waals surface area contributed by atoms with E-state index in [4.69, 9.17) is 4.18 Å². The molecule has 0 amide bonds. The van der Waals surface area contributed by atoms with Crippen molar-refractivity contribution < 1.29 is 12.6 Å². The lowest BCUT2D eigenvalue weighted by atomic mass is 9.76. The second kappa shape index (κ2) is 10.2. The smallest absolute Gasteiger partial charge is 0.339 e. The van der Waals surface area contributed by atoms with Crippen molar-refractivity contribution in [3.63, 3.8) is 0 Å². The molecule has 0 unspecified atom stereocenters. The molecule has 6 rings (SSSR count). The maximum Gasteiger partial charge on any atom is 0.339 e. The van der Waals surface area contributed by atoms with Gasteiger partial charge in [-0.3, -0.25) is 4.99 Å².